The lowest BCUT2D eigenvalue weighted by atomic mass is 10.3. The van der Waals surface area contributed by atoms with E-state index in [0.29, 0.717) is 0 Å². The summed E-state index contributed by atoms with van der Waals surface area (Å²) in [5.41, 5.74) is 0. The molecule has 84 valence electrons. The Hall–Kier alpha value is -1.35. The summed E-state index contributed by atoms with van der Waals surface area (Å²) in [6.07, 6.45) is 5.74. The number of nitrogens with one attached hydrogen (secondary N) is 1. The molecule has 0 saturated carbocycles. The SMILES string of the molecule is C=CCN(CC=C)C(CC)NC(=O)C=C. The Morgan fingerprint density at radius 3 is 2.20 bits per heavy atom. The van der Waals surface area contributed by atoms with Crippen molar-refractivity contribution in [3.05, 3.63) is 38.0 Å². The summed E-state index contributed by atoms with van der Waals surface area (Å²) >= 11 is 0. The Labute approximate surface area is 92.2 Å². The highest BCUT2D eigenvalue weighted by Crippen LogP contribution is 2.01. The summed E-state index contributed by atoms with van der Waals surface area (Å²) in [6.45, 7) is 14.3. The molecule has 0 aliphatic heterocycles. The number of hydrogen-bond donors (Lipinski definition) is 1. The standard InChI is InChI=1S/C12H20N2O/c1-5-9-14(10-6-2)11(7-3)13-12(15)8-4/h5-6,8,11H,1-2,4,7,9-10H2,3H3,(H,13,15). The zero-order chi connectivity index (χ0) is 11.7. The third kappa shape index (κ3) is 5.18. The van der Waals surface area contributed by atoms with Crippen molar-refractivity contribution in [1.82, 2.24) is 10.2 Å². The molecule has 0 rings (SSSR count). The van der Waals surface area contributed by atoms with Gasteiger partial charge in [-0.05, 0) is 12.5 Å². The molecule has 1 amide bonds. The Morgan fingerprint density at radius 1 is 1.33 bits per heavy atom. The van der Waals surface area contributed by atoms with E-state index in [-0.39, 0.29) is 12.1 Å². The summed E-state index contributed by atoms with van der Waals surface area (Å²) < 4.78 is 0. The molecule has 0 aromatic carbocycles. The average Bonchev–Trinajstić information content (AvgIpc) is 2.25. The monoisotopic (exact) mass is 208 g/mol. The van der Waals surface area contributed by atoms with Crippen molar-refractivity contribution in [2.75, 3.05) is 13.1 Å². The summed E-state index contributed by atoms with van der Waals surface area (Å²) in [7, 11) is 0. The molecule has 0 saturated heterocycles. The molecule has 0 aromatic rings. The normalized spacial score (nSPS) is 11.9. The second-order valence-corrected chi connectivity index (χ2v) is 3.17. The van der Waals surface area contributed by atoms with Gasteiger partial charge in [0.15, 0.2) is 0 Å². The lowest BCUT2D eigenvalue weighted by Gasteiger charge is -2.29. The van der Waals surface area contributed by atoms with Crippen molar-refractivity contribution < 1.29 is 4.79 Å². The lowest BCUT2D eigenvalue weighted by Crippen LogP contribution is -2.47. The van der Waals surface area contributed by atoms with E-state index in [4.69, 9.17) is 0 Å². The fourth-order valence-corrected chi connectivity index (χ4v) is 1.34. The third-order valence-electron chi connectivity index (χ3n) is 2.05. The minimum absolute atomic E-state index is 0.00602. The Bertz CT molecular complexity index is 226. The molecule has 0 heterocycles. The fourth-order valence-electron chi connectivity index (χ4n) is 1.34. The third-order valence-corrected chi connectivity index (χ3v) is 2.05. The molecule has 0 aliphatic carbocycles. The largest absolute Gasteiger partial charge is 0.337 e. The molecule has 1 N–H and O–H groups in total. The molecular weight excluding hydrogens is 188 g/mol. The van der Waals surface area contributed by atoms with E-state index < -0.39 is 0 Å². The number of rotatable bonds is 8. The Kier molecular flexibility index (Phi) is 7.28. The predicted molar refractivity (Wildman–Crippen MR) is 64.4 cm³/mol. The van der Waals surface area contributed by atoms with Crippen LogP contribution in [0.5, 0.6) is 0 Å². The Balaban J connectivity index is 4.41. The zero-order valence-electron chi connectivity index (χ0n) is 9.41. The quantitative estimate of drug-likeness (QED) is 0.374. The van der Waals surface area contributed by atoms with E-state index in [2.05, 4.69) is 30.0 Å². The van der Waals surface area contributed by atoms with E-state index in [0.717, 1.165) is 19.5 Å². The van der Waals surface area contributed by atoms with Gasteiger partial charge in [-0.2, -0.15) is 0 Å². The van der Waals surface area contributed by atoms with E-state index >= 15 is 0 Å². The van der Waals surface area contributed by atoms with Gasteiger partial charge in [0.05, 0.1) is 6.17 Å². The minimum Gasteiger partial charge on any atom is -0.337 e. The van der Waals surface area contributed by atoms with Crippen LogP contribution in [0.2, 0.25) is 0 Å². The fraction of sp³-hybridized carbons (Fsp3) is 0.417. The van der Waals surface area contributed by atoms with Crippen LogP contribution in [0, 0.1) is 0 Å². The second-order valence-electron chi connectivity index (χ2n) is 3.17. The molecule has 1 atom stereocenters. The number of nitrogens with zero attached hydrogens (tertiary/aromatic N) is 1. The Morgan fingerprint density at radius 2 is 1.87 bits per heavy atom. The first-order valence-electron chi connectivity index (χ1n) is 5.08. The summed E-state index contributed by atoms with van der Waals surface area (Å²) in [6, 6.07) is 0. The zero-order valence-corrected chi connectivity index (χ0v) is 9.41. The van der Waals surface area contributed by atoms with Crippen LogP contribution >= 0.6 is 0 Å². The van der Waals surface area contributed by atoms with Crippen molar-refractivity contribution in [2.24, 2.45) is 0 Å². The van der Waals surface area contributed by atoms with Crippen LogP contribution in [0.25, 0.3) is 0 Å². The van der Waals surface area contributed by atoms with Gasteiger partial charge in [0.1, 0.15) is 0 Å². The smallest absolute Gasteiger partial charge is 0.244 e. The van der Waals surface area contributed by atoms with Crippen molar-refractivity contribution in [3.8, 4) is 0 Å². The van der Waals surface area contributed by atoms with Crippen LogP contribution in [0.4, 0.5) is 0 Å². The predicted octanol–water partition coefficient (Wildman–Crippen LogP) is 1.70. The van der Waals surface area contributed by atoms with Crippen LogP contribution in [0.3, 0.4) is 0 Å². The first kappa shape index (κ1) is 13.7. The van der Waals surface area contributed by atoms with E-state index in [9.17, 15) is 4.79 Å². The molecule has 0 fully saturated rings. The number of carbonyl (C=O) groups excluding carboxylic acids is 1. The molecule has 0 aromatic heterocycles. The van der Waals surface area contributed by atoms with Crippen LogP contribution in [-0.2, 0) is 4.79 Å². The maximum Gasteiger partial charge on any atom is 0.244 e. The molecular formula is C12H20N2O. The first-order chi connectivity index (χ1) is 7.19. The average molecular weight is 208 g/mol. The van der Waals surface area contributed by atoms with Gasteiger partial charge >= 0.3 is 0 Å². The highest BCUT2D eigenvalue weighted by molar-refractivity contribution is 5.87. The summed E-state index contributed by atoms with van der Waals surface area (Å²) in [5, 5.41) is 2.86. The maximum atomic E-state index is 11.2. The van der Waals surface area contributed by atoms with Crippen molar-refractivity contribution in [1.29, 1.82) is 0 Å². The molecule has 3 heteroatoms. The van der Waals surface area contributed by atoms with E-state index in [1.165, 1.54) is 6.08 Å². The molecule has 0 radical (unpaired) electrons. The molecule has 0 aliphatic rings. The highest BCUT2D eigenvalue weighted by atomic mass is 16.1. The molecule has 0 bridgehead atoms. The van der Waals surface area contributed by atoms with E-state index in [1.807, 2.05) is 19.1 Å². The topological polar surface area (TPSA) is 32.3 Å². The van der Waals surface area contributed by atoms with Crippen molar-refractivity contribution >= 4 is 5.91 Å². The molecule has 0 spiro atoms. The molecule has 3 nitrogen and oxygen atoms in total. The maximum absolute atomic E-state index is 11.2. The van der Waals surface area contributed by atoms with Crippen LogP contribution in [0.15, 0.2) is 38.0 Å². The van der Waals surface area contributed by atoms with Gasteiger partial charge in [-0.15, -0.1) is 13.2 Å². The van der Waals surface area contributed by atoms with Crippen LogP contribution in [0.1, 0.15) is 13.3 Å². The van der Waals surface area contributed by atoms with Gasteiger partial charge in [0, 0.05) is 13.1 Å². The van der Waals surface area contributed by atoms with Gasteiger partial charge in [-0.3, -0.25) is 9.69 Å². The van der Waals surface area contributed by atoms with E-state index in [1.54, 1.807) is 0 Å². The molecule has 15 heavy (non-hydrogen) atoms. The number of amides is 1. The molecule has 1 unspecified atom stereocenters. The summed E-state index contributed by atoms with van der Waals surface area (Å²) in [4.78, 5) is 13.3. The van der Waals surface area contributed by atoms with Gasteiger partial charge in [0.2, 0.25) is 5.91 Å². The van der Waals surface area contributed by atoms with Gasteiger partial charge < -0.3 is 5.32 Å². The summed E-state index contributed by atoms with van der Waals surface area (Å²) in [5.74, 6) is -0.153. The van der Waals surface area contributed by atoms with Gasteiger partial charge in [-0.1, -0.05) is 25.7 Å². The van der Waals surface area contributed by atoms with Gasteiger partial charge in [-0.25, -0.2) is 0 Å². The van der Waals surface area contributed by atoms with Gasteiger partial charge in [0.25, 0.3) is 0 Å². The first-order valence-corrected chi connectivity index (χ1v) is 5.08. The van der Waals surface area contributed by atoms with Crippen LogP contribution < -0.4 is 5.32 Å². The van der Waals surface area contributed by atoms with Crippen LogP contribution in [-0.4, -0.2) is 30.1 Å². The van der Waals surface area contributed by atoms with Crippen molar-refractivity contribution in [3.63, 3.8) is 0 Å². The second kappa shape index (κ2) is 8.00. The number of carbonyl (C=O) groups is 1. The van der Waals surface area contributed by atoms with Crippen molar-refractivity contribution in [2.45, 2.75) is 19.5 Å². The lowest BCUT2D eigenvalue weighted by molar-refractivity contribution is -0.118. The highest BCUT2D eigenvalue weighted by Gasteiger charge is 2.14. The minimum atomic E-state index is -0.153. The number of hydrogen-bond acceptors (Lipinski definition) is 2.